The molecular weight excluding hydrogens is 264 g/mol. The SMILES string of the molecule is CC(C)C(=O)[C@@H]1CCCN(c2cc(F)ccc2F)C1=O. The number of amides is 1. The van der Waals surface area contributed by atoms with Gasteiger partial charge in [-0.15, -0.1) is 0 Å². The molecule has 108 valence electrons. The number of hydrogen-bond acceptors (Lipinski definition) is 2. The van der Waals surface area contributed by atoms with Gasteiger partial charge in [0.05, 0.1) is 11.6 Å². The topological polar surface area (TPSA) is 37.4 Å². The predicted molar refractivity (Wildman–Crippen MR) is 71.3 cm³/mol. The van der Waals surface area contributed by atoms with Gasteiger partial charge in [-0.3, -0.25) is 9.59 Å². The van der Waals surface area contributed by atoms with Gasteiger partial charge < -0.3 is 4.90 Å². The Labute approximate surface area is 116 Å². The number of carbonyl (C=O) groups excluding carboxylic acids is 2. The third-order valence-electron chi connectivity index (χ3n) is 3.55. The second-order valence-corrected chi connectivity index (χ2v) is 5.34. The molecule has 3 nitrogen and oxygen atoms in total. The summed E-state index contributed by atoms with van der Waals surface area (Å²) in [5.41, 5.74) is -0.0868. The molecule has 1 aromatic carbocycles. The minimum absolute atomic E-state index is 0.0868. The Morgan fingerprint density at radius 1 is 1.35 bits per heavy atom. The maximum Gasteiger partial charge on any atom is 0.237 e. The third-order valence-corrected chi connectivity index (χ3v) is 3.55. The molecule has 1 aliphatic rings. The molecule has 1 aromatic rings. The van der Waals surface area contributed by atoms with Crippen LogP contribution in [0, 0.1) is 23.5 Å². The maximum atomic E-state index is 13.8. The molecule has 1 aliphatic heterocycles. The van der Waals surface area contributed by atoms with Gasteiger partial charge in [-0.2, -0.15) is 0 Å². The molecule has 0 spiro atoms. The molecule has 1 amide bonds. The zero-order valence-electron chi connectivity index (χ0n) is 11.5. The van der Waals surface area contributed by atoms with Gasteiger partial charge in [0.15, 0.2) is 0 Å². The van der Waals surface area contributed by atoms with Gasteiger partial charge in [0.2, 0.25) is 5.91 Å². The van der Waals surface area contributed by atoms with Crippen molar-refractivity contribution >= 4 is 17.4 Å². The van der Waals surface area contributed by atoms with Crippen LogP contribution in [0.3, 0.4) is 0 Å². The highest BCUT2D eigenvalue weighted by Crippen LogP contribution is 2.29. The minimum Gasteiger partial charge on any atom is -0.309 e. The average molecular weight is 281 g/mol. The fourth-order valence-electron chi connectivity index (χ4n) is 2.47. The summed E-state index contributed by atoms with van der Waals surface area (Å²) in [5, 5.41) is 0. The second-order valence-electron chi connectivity index (χ2n) is 5.34. The van der Waals surface area contributed by atoms with Crippen LogP contribution in [-0.2, 0) is 9.59 Å². The van der Waals surface area contributed by atoms with Crippen molar-refractivity contribution in [1.29, 1.82) is 0 Å². The van der Waals surface area contributed by atoms with Crippen LogP contribution in [0.1, 0.15) is 26.7 Å². The zero-order valence-corrected chi connectivity index (χ0v) is 11.5. The Bertz CT molecular complexity index is 543. The van der Waals surface area contributed by atoms with Crippen molar-refractivity contribution < 1.29 is 18.4 Å². The Hall–Kier alpha value is -1.78. The number of anilines is 1. The standard InChI is InChI=1S/C15H17F2NO2/c1-9(2)14(19)11-4-3-7-18(15(11)20)13-8-10(16)5-6-12(13)17/h5-6,8-9,11H,3-4,7H2,1-2H3/t11-/m0/s1. The Morgan fingerprint density at radius 2 is 2.05 bits per heavy atom. The number of Topliss-reactive ketones (excluding diaryl/α,β-unsaturated/α-hetero) is 1. The summed E-state index contributed by atoms with van der Waals surface area (Å²) in [7, 11) is 0. The van der Waals surface area contributed by atoms with Gasteiger partial charge in [-0.25, -0.2) is 8.78 Å². The summed E-state index contributed by atoms with van der Waals surface area (Å²) >= 11 is 0. The quantitative estimate of drug-likeness (QED) is 0.799. The number of carbonyl (C=O) groups is 2. The second kappa shape index (κ2) is 5.69. The van der Waals surface area contributed by atoms with Crippen molar-refractivity contribution in [2.75, 3.05) is 11.4 Å². The van der Waals surface area contributed by atoms with Crippen molar-refractivity contribution in [3.05, 3.63) is 29.8 Å². The molecule has 0 unspecified atom stereocenters. The lowest BCUT2D eigenvalue weighted by atomic mass is 9.87. The van der Waals surface area contributed by atoms with E-state index in [1.165, 1.54) is 4.90 Å². The van der Waals surface area contributed by atoms with Gasteiger partial charge in [0, 0.05) is 18.5 Å². The first-order valence-electron chi connectivity index (χ1n) is 6.72. The summed E-state index contributed by atoms with van der Waals surface area (Å²) in [6.07, 6.45) is 1.08. The molecule has 0 bridgehead atoms. The van der Waals surface area contributed by atoms with Crippen molar-refractivity contribution in [3.8, 4) is 0 Å². The number of piperidine rings is 1. The highest BCUT2D eigenvalue weighted by molar-refractivity contribution is 6.09. The fourth-order valence-corrected chi connectivity index (χ4v) is 2.47. The number of nitrogens with zero attached hydrogens (tertiary/aromatic N) is 1. The summed E-state index contributed by atoms with van der Waals surface area (Å²) in [6.45, 7) is 3.77. The highest BCUT2D eigenvalue weighted by atomic mass is 19.1. The lowest BCUT2D eigenvalue weighted by Gasteiger charge is -2.32. The van der Waals surface area contributed by atoms with Crippen molar-refractivity contribution in [3.63, 3.8) is 0 Å². The Balaban J connectivity index is 2.31. The number of hydrogen-bond donors (Lipinski definition) is 0. The van der Waals surface area contributed by atoms with E-state index in [9.17, 15) is 18.4 Å². The molecular formula is C15H17F2NO2. The number of halogens is 2. The van der Waals surface area contributed by atoms with Crippen LogP contribution in [0.4, 0.5) is 14.5 Å². The largest absolute Gasteiger partial charge is 0.309 e. The van der Waals surface area contributed by atoms with Crippen LogP contribution < -0.4 is 4.90 Å². The van der Waals surface area contributed by atoms with Crippen LogP contribution in [0.2, 0.25) is 0 Å². The molecule has 20 heavy (non-hydrogen) atoms. The van der Waals surface area contributed by atoms with Crippen molar-refractivity contribution in [2.45, 2.75) is 26.7 Å². The van der Waals surface area contributed by atoms with Crippen LogP contribution in [-0.4, -0.2) is 18.2 Å². The summed E-state index contributed by atoms with van der Waals surface area (Å²) in [5.74, 6) is -2.83. The van der Waals surface area contributed by atoms with Gasteiger partial charge in [0.25, 0.3) is 0 Å². The average Bonchev–Trinajstić information content (AvgIpc) is 2.41. The molecule has 2 rings (SSSR count). The zero-order chi connectivity index (χ0) is 14.9. The molecule has 0 saturated carbocycles. The van der Waals surface area contributed by atoms with Crippen LogP contribution in [0.5, 0.6) is 0 Å². The molecule has 1 fully saturated rings. The van der Waals surface area contributed by atoms with Crippen molar-refractivity contribution in [2.24, 2.45) is 11.8 Å². The predicted octanol–water partition coefficient (Wildman–Crippen LogP) is 2.93. The highest BCUT2D eigenvalue weighted by Gasteiger charge is 2.36. The Morgan fingerprint density at radius 3 is 2.70 bits per heavy atom. The third kappa shape index (κ3) is 2.71. The lowest BCUT2D eigenvalue weighted by molar-refractivity contribution is -0.135. The van der Waals surface area contributed by atoms with Gasteiger partial charge in [-0.1, -0.05) is 13.8 Å². The molecule has 0 radical (unpaired) electrons. The van der Waals surface area contributed by atoms with E-state index >= 15 is 0 Å². The van der Waals surface area contributed by atoms with Crippen LogP contribution in [0.15, 0.2) is 18.2 Å². The van der Waals surface area contributed by atoms with E-state index in [1.807, 2.05) is 0 Å². The molecule has 1 saturated heterocycles. The first-order valence-corrected chi connectivity index (χ1v) is 6.72. The summed E-state index contributed by atoms with van der Waals surface area (Å²) in [4.78, 5) is 25.6. The molecule has 5 heteroatoms. The molecule has 0 N–H and O–H groups in total. The van der Waals surface area contributed by atoms with Gasteiger partial charge >= 0.3 is 0 Å². The van der Waals surface area contributed by atoms with Gasteiger partial charge in [0.1, 0.15) is 17.4 Å². The van der Waals surface area contributed by atoms with Crippen molar-refractivity contribution in [1.82, 2.24) is 0 Å². The minimum atomic E-state index is -0.744. The Kier molecular flexibility index (Phi) is 4.16. The fraction of sp³-hybridized carbons (Fsp3) is 0.467. The number of rotatable bonds is 3. The number of ketones is 1. The molecule has 1 atom stereocenters. The lowest BCUT2D eigenvalue weighted by Crippen LogP contribution is -2.45. The smallest absolute Gasteiger partial charge is 0.237 e. The van der Waals surface area contributed by atoms with Crippen LogP contribution >= 0.6 is 0 Å². The van der Waals surface area contributed by atoms with E-state index in [0.717, 1.165) is 18.2 Å². The first kappa shape index (κ1) is 14.6. The van der Waals surface area contributed by atoms with Crippen LogP contribution in [0.25, 0.3) is 0 Å². The van der Waals surface area contributed by atoms with Gasteiger partial charge in [-0.05, 0) is 25.0 Å². The molecule has 0 aliphatic carbocycles. The molecule has 1 heterocycles. The van der Waals surface area contributed by atoms with E-state index in [4.69, 9.17) is 0 Å². The van der Waals surface area contributed by atoms with E-state index in [2.05, 4.69) is 0 Å². The van der Waals surface area contributed by atoms with E-state index < -0.39 is 23.5 Å². The van der Waals surface area contributed by atoms with E-state index in [1.54, 1.807) is 13.8 Å². The van der Waals surface area contributed by atoms with E-state index in [-0.39, 0.29) is 17.4 Å². The molecule has 0 aromatic heterocycles. The summed E-state index contributed by atoms with van der Waals surface area (Å²) in [6, 6.07) is 2.99. The number of benzene rings is 1. The monoisotopic (exact) mass is 281 g/mol. The first-order chi connectivity index (χ1) is 9.41. The van der Waals surface area contributed by atoms with E-state index in [0.29, 0.717) is 19.4 Å². The normalized spacial score (nSPS) is 19.6. The summed E-state index contributed by atoms with van der Waals surface area (Å²) < 4.78 is 27.0. The maximum absolute atomic E-state index is 13.8.